The summed E-state index contributed by atoms with van der Waals surface area (Å²) >= 11 is 6.27. The number of carbonyl (C=O) groups is 1. The second-order valence-electron chi connectivity index (χ2n) is 7.28. The molecular formula is C17H21ClN4O. The molecule has 0 radical (unpaired) electrons. The maximum Gasteiger partial charge on any atom is 0.219 e. The van der Waals surface area contributed by atoms with Crippen LogP contribution in [0.25, 0.3) is 5.52 Å². The quantitative estimate of drug-likeness (QED) is 0.806. The number of hydrogen-bond acceptors (Lipinski definition) is 3. The average Bonchev–Trinajstić information content (AvgIpc) is 3.13. The van der Waals surface area contributed by atoms with E-state index in [1.165, 1.54) is 0 Å². The Balaban J connectivity index is 1.67. The molecule has 6 heteroatoms. The summed E-state index contributed by atoms with van der Waals surface area (Å²) in [7, 11) is 0. The van der Waals surface area contributed by atoms with Gasteiger partial charge in [0.15, 0.2) is 0 Å². The molecule has 0 saturated carbocycles. The summed E-state index contributed by atoms with van der Waals surface area (Å²) in [6.07, 6.45) is 5.54. The minimum atomic E-state index is -0.0969. The molecule has 122 valence electrons. The molecule has 5 nitrogen and oxygen atoms in total. The molecule has 2 atom stereocenters. The molecule has 2 aliphatic heterocycles. The number of halogens is 1. The number of anilines is 1. The third-order valence-corrected chi connectivity index (χ3v) is 5.85. The Morgan fingerprint density at radius 3 is 2.83 bits per heavy atom. The SMILES string of the molecule is CC(=O)N1C[C@@H]2CN(c3cc(Cl)cn4cncc34)C[C@@H]2C1(C)C. The van der Waals surface area contributed by atoms with Crippen molar-refractivity contribution >= 4 is 28.7 Å². The van der Waals surface area contributed by atoms with Gasteiger partial charge in [-0.1, -0.05) is 11.6 Å². The fourth-order valence-electron chi connectivity index (χ4n) is 4.49. The van der Waals surface area contributed by atoms with Gasteiger partial charge in [0.25, 0.3) is 0 Å². The van der Waals surface area contributed by atoms with Gasteiger partial charge >= 0.3 is 0 Å². The van der Waals surface area contributed by atoms with Gasteiger partial charge < -0.3 is 14.2 Å². The van der Waals surface area contributed by atoms with Gasteiger partial charge in [-0.3, -0.25) is 4.79 Å². The molecular weight excluding hydrogens is 312 g/mol. The van der Waals surface area contributed by atoms with Crippen molar-refractivity contribution in [1.82, 2.24) is 14.3 Å². The zero-order valence-corrected chi connectivity index (χ0v) is 14.4. The van der Waals surface area contributed by atoms with E-state index in [1.54, 1.807) is 13.3 Å². The van der Waals surface area contributed by atoms with E-state index in [0.717, 1.165) is 30.8 Å². The molecule has 2 fully saturated rings. The monoisotopic (exact) mass is 332 g/mol. The number of imidazole rings is 1. The number of aromatic nitrogens is 2. The second-order valence-corrected chi connectivity index (χ2v) is 7.72. The second kappa shape index (κ2) is 4.87. The van der Waals surface area contributed by atoms with E-state index in [4.69, 9.17) is 11.6 Å². The van der Waals surface area contributed by atoms with E-state index in [-0.39, 0.29) is 11.4 Å². The molecule has 4 heterocycles. The van der Waals surface area contributed by atoms with Crippen molar-refractivity contribution in [3.05, 3.63) is 29.8 Å². The van der Waals surface area contributed by atoms with Crippen molar-refractivity contribution in [2.45, 2.75) is 26.3 Å². The van der Waals surface area contributed by atoms with Crippen LogP contribution in [0.1, 0.15) is 20.8 Å². The third-order valence-electron chi connectivity index (χ3n) is 5.65. The lowest BCUT2D eigenvalue weighted by Gasteiger charge is -2.36. The summed E-state index contributed by atoms with van der Waals surface area (Å²) in [4.78, 5) is 20.6. The minimum absolute atomic E-state index is 0.0969. The van der Waals surface area contributed by atoms with Crippen molar-refractivity contribution in [2.75, 3.05) is 24.5 Å². The van der Waals surface area contributed by atoms with E-state index in [9.17, 15) is 4.79 Å². The normalized spacial score (nSPS) is 26.1. The lowest BCUT2D eigenvalue weighted by Crippen LogP contribution is -2.47. The number of nitrogens with zero attached hydrogens (tertiary/aromatic N) is 4. The highest BCUT2D eigenvalue weighted by atomic mass is 35.5. The molecule has 2 aromatic rings. The molecule has 4 rings (SSSR count). The standard InChI is InChI=1S/C17H21ClN4O/c1-11(23)22-7-12-6-20(9-14(12)17(22,2)3)15-4-13(18)8-21-10-19-5-16(15)21/h4-5,8,10,12,14H,6-7,9H2,1-3H3/t12-,14-/m0/s1. The Morgan fingerprint density at radius 2 is 2.13 bits per heavy atom. The van der Waals surface area contributed by atoms with Crippen molar-refractivity contribution in [2.24, 2.45) is 11.8 Å². The molecule has 0 bridgehead atoms. The fourth-order valence-corrected chi connectivity index (χ4v) is 4.70. The van der Waals surface area contributed by atoms with Gasteiger partial charge in [0.1, 0.15) is 0 Å². The van der Waals surface area contributed by atoms with Crippen LogP contribution < -0.4 is 4.90 Å². The number of carbonyl (C=O) groups excluding carboxylic acids is 1. The Hall–Kier alpha value is -1.75. The number of likely N-dealkylation sites (tertiary alicyclic amines) is 1. The number of hydrogen-bond donors (Lipinski definition) is 0. The Bertz CT molecular complexity index is 784. The fraction of sp³-hybridized carbons (Fsp3) is 0.529. The van der Waals surface area contributed by atoms with Crippen molar-refractivity contribution in [3.8, 4) is 0 Å². The lowest BCUT2D eigenvalue weighted by molar-refractivity contribution is -0.132. The molecule has 2 saturated heterocycles. The van der Waals surface area contributed by atoms with Gasteiger partial charge in [-0.2, -0.15) is 0 Å². The maximum atomic E-state index is 11.9. The summed E-state index contributed by atoms with van der Waals surface area (Å²) in [5.41, 5.74) is 2.12. The van der Waals surface area contributed by atoms with Crippen LogP contribution in [-0.4, -0.2) is 45.4 Å². The zero-order chi connectivity index (χ0) is 16.4. The first-order valence-corrected chi connectivity index (χ1v) is 8.40. The average molecular weight is 333 g/mol. The summed E-state index contributed by atoms with van der Waals surface area (Å²) in [6, 6.07) is 2.02. The summed E-state index contributed by atoms with van der Waals surface area (Å²) in [5, 5.41) is 0.715. The van der Waals surface area contributed by atoms with E-state index < -0.39 is 0 Å². The first-order valence-electron chi connectivity index (χ1n) is 8.02. The van der Waals surface area contributed by atoms with Crippen LogP contribution in [0.4, 0.5) is 5.69 Å². The number of amides is 1. The third kappa shape index (κ3) is 2.13. The van der Waals surface area contributed by atoms with Gasteiger partial charge in [-0.25, -0.2) is 4.98 Å². The molecule has 0 N–H and O–H groups in total. The van der Waals surface area contributed by atoms with Crippen LogP contribution >= 0.6 is 11.6 Å². The van der Waals surface area contributed by atoms with Crippen molar-refractivity contribution in [1.29, 1.82) is 0 Å². The largest absolute Gasteiger partial charge is 0.369 e. The van der Waals surface area contributed by atoms with E-state index in [1.807, 2.05) is 27.8 Å². The highest BCUT2D eigenvalue weighted by Crippen LogP contribution is 2.45. The maximum absolute atomic E-state index is 11.9. The van der Waals surface area contributed by atoms with Crippen LogP contribution in [0, 0.1) is 11.8 Å². The Labute approximate surface area is 140 Å². The molecule has 0 aliphatic carbocycles. The van der Waals surface area contributed by atoms with Crippen LogP contribution in [0.3, 0.4) is 0 Å². The number of pyridine rings is 1. The molecule has 23 heavy (non-hydrogen) atoms. The van der Waals surface area contributed by atoms with Crippen LogP contribution in [0.2, 0.25) is 5.02 Å². The predicted molar refractivity (Wildman–Crippen MR) is 90.9 cm³/mol. The highest BCUT2D eigenvalue weighted by Gasteiger charge is 2.52. The smallest absolute Gasteiger partial charge is 0.219 e. The molecule has 2 aliphatic rings. The summed E-state index contributed by atoms with van der Waals surface area (Å²) < 4.78 is 1.97. The van der Waals surface area contributed by atoms with E-state index in [0.29, 0.717) is 16.9 Å². The number of rotatable bonds is 1. The molecule has 0 spiro atoms. The topological polar surface area (TPSA) is 40.9 Å². The summed E-state index contributed by atoms with van der Waals surface area (Å²) in [5.74, 6) is 1.17. The van der Waals surface area contributed by atoms with Crippen molar-refractivity contribution < 1.29 is 4.79 Å². The predicted octanol–water partition coefficient (Wildman–Crippen LogP) is 2.68. The minimum Gasteiger partial charge on any atom is -0.369 e. The first kappa shape index (κ1) is 14.8. The van der Waals surface area contributed by atoms with Gasteiger partial charge in [0.2, 0.25) is 5.91 Å². The molecule has 0 unspecified atom stereocenters. The lowest BCUT2D eigenvalue weighted by atomic mass is 9.85. The summed E-state index contributed by atoms with van der Waals surface area (Å²) in [6.45, 7) is 8.80. The van der Waals surface area contributed by atoms with E-state index >= 15 is 0 Å². The number of fused-ring (bicyclic) bond motifs is 2. The Kier molecular flexibility index (Phi) is 3.14. The molecule has 2 aromatic heterocycles. The first-order chi connectivity index (χ1) is 10.9. The zero-order valence-electron chi connectivity index (χ0n) is 13.7. The van der Waals surface area contributed by atoms with Crippen molar-refractivity contribution in [3.63, 3.8) is 0 Å². The highest BCUT2D eigenvalue weighted by molar-refractivity contribution is 6.30. The van der Waals surface area contributed by atoms with Crippen LogP contribution in [-0.2, 0) is 4.79 Å². The van der Waals surface area contributed by atoms with Crippen LogP contribution in [0.15, 0.2) is 24.8 Å². The van der Waals surface area contributed by atoms with Gasteiger partial charge in [0, 0.05) is 50.1 Å². The van der Waals surface area contributed by atoms with Gasteiger partial charge in [-0.05, 0) is 19.9 Å². The van der Waals surface area contributed by atoms with Crippen LogP contribution in [0.5, 0.6) is 0 Å². The van der Waals surface area contributed by atoms with E-state index in [2.05, 4.69) is 23.7 Å². The van der Waals surface area contributed by atoms with Gasteiger partial charge in [0.05, 0.1) is 28.8 Å². The molecule has 0 aromatic carbocycles. The Morgan fingerprint density at radius 1 is 1.35 bits per heavy atom. The van der Waals surface area contributed by atoms with Gasteiger partial charge in [-0.15, -0.1) is 0 Å². The molecule has 1 amide bonds.